The van der Waals surface area contributed by atoms with E-state index in [1.54, 1.807) is 26.2 Å². The maximum Gasteiger partial charge on any atom is 0.339 e. The van der Waals surface area contributed by atoms with Crippen LogP contribution in [0.5, 0.6) is 0 Å². The van der Waals surface area contributed by atoms with E-state index in [-0.39, 0.29) is 11.2 Å². The summed E-state index contributed by atoms with van der Waals surface area (Å²) in [6.07, 6.45) is 0.658. The van der Waals surface area contributed by atoms with E-state index >= 15 is 0 Å². The molecule has 1 atom stereocenters. The number of nitrogens with zero attached hydrogens (tertiary/aromatic N) is 1. The first-order chi connectivity index (χ1) is 12.5. The molecule has 0 fully saturated rings. The van der Waals surface area contributed by atoms with E-state index in [1.165, 1.54) is 12.0 Å². The Hall–Kier alpha value is -2.06. The number of carbonyl (C=O) groups excluding carboxylic acids is 3. The van der Waals surface area contributed by atoms with Crippen molar-refractivity contribution in [1.82, 2.24) is 10.2 Å². The average Bonchev–Trinajstić information content (AvgIpc) is 2.58. The number of esters is 2. The third-order valence-electron chi connectivity index (χ3n) is 3.91. The molecule has 1 N–H and O–H groups in total. The Morgan fingerprint density at radius 2 is 1.89 bits per heavy atom. The van der Waals surface area contributed by atoms with Crippen LogP contribution in [0.2, 0.25) is 0 Å². The molecule has 0 spiro atoms. The van der Waals surface area contributed by atoms with Gasteiger partial charge in [0.05, 0.1) is 12.7 Å². The molecule has 1 aromatic carbocycles. The first-order valence-corrected chi connectivity index (χ1v) is 9.45. The van der Waals surface area contributed by atoms with Crippen molar-refractivity contribution >= 4 is 28.9 Å². The minimum absolute atomic E-state index is 0.224. The van der Waals surface area contributed by atoms with Crippen LogP contribution in [0.1, 0.15) is 48.3 Å². The lowest BCUT2D eigenvalue weighted by Gasteiger charge is -2.29. The third kappa shape index (κ3) is 5.23. The number of amides is 1. The first kappa shape index (κ1) is 21.2. The second-order valence-corrected chi connectivity index (χ2v) is 8.46. The highest BCUT2D eigenvalue weighted by Gasteiger charge is 2.32. The fraction of sp³-hybridized carbons (Fsp3) is 0.526. The van der Waals surface area contributed by atoms with Crippen LogP contribution in [-0.2, 0) is 20.7 Å². The predicted octanol–water partition coefficient (Wildman–Crippen LogP) is 2.78. The van der Waals surface area contributed by atoms with Gasteiger partial charge < -0.3 is 19.7 Å². The molecule has 0 aromatic heterocycles. The van der Waals surface area contributed by atoms with Crippen LogP contribution in [0, 0.1) is 0 Å². The van der Waals surface area contributed by atoms with E-state index < -0.39 is 17.6 Å². The lowest BCUT2D eigenvalue weighted by atomic mass is 9.92. The summed E-state index contributed by atoms with van der Waals surface area (Å²) in [5.41, 5.74) is 1.30. The lowest BCUT2D eigenvalue weighted by molar-refractivity contribution is -0.157. The van der Waals surface area contributed by atoms with Crippen LogP contribution in [0.25, 0.3) is 0 Å². The molecule has 0 radical (unpaired) electrons. The smallest absolute Gasteiger partial charge is 0.339 e. The van der Waals surface area contributed by atoms with Crippen LogP contribution >= 0.6 is 11.8 Å². The molecule has 0 saturated heterocycles. The van der Waals surface area contributed by atoms with E-state index in [4.69, 9.17) is 9.47 Å². The summed E-state index contributed by atoms with van der Waals surface area (Å²) in [5, 5.41) is 2.94. The number of hydrogen-bond donors (Lipinski definition) is 1. The average molecular weight is 394 g/mol. The molecule has 1 aliphatic rings. The van der Waals surface area contributed by atoms with Crippen LogP contribution in [-0.4, -0.2) is 55.4 Å². The minimum atomic E-state index is -0.645. The Labute approximate surface area is 163 Å². The third-order valence-corrected chi connectivity index (χ3v) is 5.00. The van der Waals surface area contributed by atoms with Gasteiger partial charge in [0.2, 0.25) is 0 Å². The zero-order valence-electron chi connectivity index (χ0n) is 16.5. The molecule has 1 aliphatic heterocycles. The number of methoxy groups -OCH3 is 1. The summed E-state index contributed by atoms with van der Waals surface area (Å²) >= 11 is 0.928. The van der Waals surface area contributed by atoms with Gasteiger partial charge in [-0.2, -0.15) is 0 Å². The Morgan fingerprint density at radius 1 is 1.22 bits per heavy atom. The van der Waals surface area contributed by atoms with E-state index in [0.717, 1.165) is 22.9 Å². The summed E-state index contributed by atoms with van der Waals surface area (Å²) in [6, 6.07) is 2.78. The van der Waals surface area contributed by atoms with Crippen molar-refractivity contribution in [3.63, 3.8) is 0 Å². The second-order valence-electron chi connectivity index (χ2n) is 7.47. The van der Waals surface area contributed by atoms with Crippen molar-refractivity contribution in [2.24, 2.45) is 0 Å². The van der Waals surface area contributed by atoms with Crippen LogP contribution in [0.4, 0.5) is 4.79 Å². The van der Waals surface area contributed by atoms with Crippen molar-refractivity contribution in [2.45, 2.75) is 43.7 Å². The molecule has 0 bridgehead atoms. The largest absolute Gasteiger partial charge is 0.465 e. The van der Waals surface area contributed by atoms with Gasteiger partial charge in [-0.05, 0) is 62.2 Å². The van der Waals surface area contributed by atoms with Gasteiger partial charge >= 0.3 is 11.9 Å². The molecule has 148 valence electrons. The molecule has 8 heteroatoms. The Kier molecular flexibility index (Phi) is 6.54. The number of hydrogen-bond acceptors (Lipinski definition) is 7. The standard InChI is InChI=1S/C19H26N2O5S/c1-19(2,3)26-17(23)15-12-10-14(27-18(24)21(4)5)13(16(22)25-6)9-11(12)7-8-20-15/h9-10,15,20H,7-8H2,1-6H3. The lowest BCUT2D eigenvalue weighted by Crippen LogP contribution is -2.39. The van der Waals surface area contributed by atoms with Crippen molar-refractivity contribution < 1.29 is 23.9 Å². The number of thioether (sulfide) groups is 1. The predicted molar refractivity (Wildman–Crippen MR) is 103 cm³/mol. The second kappa shape index (κ2) is 8.31. The molecular weight excluding hydrogens is 368 g/mol. The quantitative estimate of drug-likeness (QED) is 0.623. The van der Waals surface area contributed by atoms with E-state index in [9.17, 15) is 14.4 Å². The number of rotatable bonds is 3. The van der Waals surface area contributed by atoms with Gasteiger partial charge in [-0.3, -0.25) is 4.79 Å². The highest BCUT2D eigenvalue weighted by Crippen LogP contribution is 2.34. The summed E-state index contributed by atoms with van der Waals surface area (Å²) in [6.45, 7) is 6.02. The molecule has 1 amide bonds. The van der Waals surface area contributed by atoms with Gasteiger partial charge in [0, 0.05) is 25.5 Å². The minimum Gasteiger partial charge on any atom is -0.465 e. The van der Waals surface area contributed by atoms with Gasteiger partial charge in [-0.1, -0.05) is 0 Å². The molecule has 27 heavy (non-hydrogen) atoms. The highest BCUT2D eigenvalue weighted by atomic mass is 32.2. The maximum atomic E-state index is 12.6. The fourth-order valence-corrected chi connectivity index (χ4v) is 3.51. The first-order valence-electron chi connectivity index (χ1n) is 8.64. The van der Waals surface area contributed by atoms with E-state index in [2.05, 4.69) is 5.32 Å². The molecule has 1 unspecified atom stereocenters. The number of carbonyl (C=O) groups is 3. The number of ether oxygens (including phenoxy) is 2. The normalized spacial score (nSPS) is 16.3. The van der Waals surface area contributed by atoms with Crippen LogP contribution in [0.3, 0.4) is 0 Å². The maximum absolute atomic E-state index is 12.6. The fourth-order valence-electron chi connectivity index (χ4n) is 2.70. The highest BCUT2D eigenvalue weighted by molar-refractivity contribution is 8.13. The Bertz CT molecular complexity index is 755. The van der Waals surface area contributed by atoms with Crippen LogP contribution < -0.4 is 5.32 Å². The summed E-state index contributed by atoms with van der Waals surface area (Å²) < 4.78 is 10.4. The molecule has 7 nitrogen and oxygen atoms in total. The van der Waals surface area contributed by atoms with Gasteiger partial charge in [0.1, 0.15) is 11.6 Å². The molecule has 1 aromatic rings. The molecule has 0 saturated carbocycles. The van der Waals surface area contributed by atoms with Crippen molar-refractivity contribution in [1.29, 1.82) is 0 Å². The Morgan fingerprint density at radius 3 is 2.44 bits per heavy atom. The topological polar surface area (TPSA) is 84.9 Å². The van der Waals surface area contributed by atoms with E-state index in [0.29, 0.717) is 23.4 Å². The summed E-state index contributed by atoms with van der Waals surface area (Å²) in [7, 11) is 4.57. The van der Waals surface area contributed by atoms with Crippen LogP contribution in [0.15, 0.2) is 17.0 Å². The molecule has 0 aliphatic carbocycles. The molecule has 1 heterocycles. The monoisotopic (exact) mass is 394 g/mol. The SMILES string of the molecule is COC(=O)c1cc2c(cc1SC(=O)N(C)C)C(C(=O)OC(C)(C)C)NCC2. The van der Waals surface area contributed by atoms with Crippen molar-refractivity contribution in [3.05, 3.63) is 28.8 Å². The van der Waals surface area contributed by atoms with Crippen molar-refractivity contribution in [3.8, 4) is 0 Å². The summed E-state index contributed by atoms with van der Waals surface area (Å²) in [5.74, 6) is -0.900. The zero-order chi connectivity index (χ0) is 20.4. The number of benzene rings is 1. The Balaban J connectivity index is 2.48. The van der Waals surface area contributed by atoms with Gasteiger partial charge in [0.25, 0.3) is 5.24 Å². The zero-order valence-corrected chi connectivity index (χ0v) is 17.4. The summed E-state index contributed by atoms with van der Waals surface area (Å²) in [4.78, 5) is 38.9. The van der Waals surface area contributed by atoms with Crippen molar-refractivity contribution in [2.75, 3.05) is 27.7 Å². The number of fused-ring (bicyclic) bond motifs is 1. The van der Waals surface area contributed by atoms with Gasteiger partial charge in [-0.25, -0.2) is 9.59 Å². The molecule has 2 rings (SSSR count). The van der Waals surface area contributed by atoms with Gasteiger partial charge in [-0.15, -0.1) is 0 Å². The molecular formula is C19H26N2O5S. The van der Waals surface area contributed by atoms with E-state index in [1.807, 2.05) is 20.8 Å². The van der Waals surface area contributed by atoms with Gasteiger partial charge in [0.15, 0.2) is 0 Å². The number of nitrogens with one attached hydrogen (secondary N) is 1.